The molecule has 1 unspecified atom stereocenters. The zero-order valence-electron chi connectivity index (χ0n) is 12.2. The van der Waals surface area contributed by atoms with E-state index in [1.807, 2.05) is 0 Å². The number of rotatable bonds is 4. The van der Waals surface area contributed by atoms with Gasteiger partial charge in [-0.25, -0.2) is 0 Å². The molecule has 1 aromatic carbocycles. The predicted octanol–water partition coefficient (Wildman–Crippen LogP) is 1.78. The molecule has 0 aromatic heterocycles. The third-order valence-corrected chi connectivity index (χ3v) is 3.23. The summed E-state index contributed by atoms with van der Waals surface area (Å²) in [6, 6.07) is 4.40. The smallest absolute Gasteiger partial charge is 0.273 e. The number of nitro benzene ring substituents is 1. The molecule has 0 saturated carbocycles. The molecule has 1 fully saturated rings. The maximum atomic E-state index is 12.0. The second-order valence-electron chi connectivity index (χ2n) is 5.42. The zero-order valence-corrected chi connectivity index (χ0v) is 12.2. The summed E-state index contributed by atoms with van der Waals surface area (Å²) in [6.45, 7) is 5.94. The van der Waals surface area contributed by atoms with Crippen molar-refractivity contribution in [1.29, 1.82) is 0 Å². The second kappa shape index (κ2) is 5.79. The largest absolute Gasteiger partial charge is 0.349 e. The lowest BCUT2D eigenvalue weighted by Crippen LogP contribution is -2.34. The molecule has 1 N–H and O–H groups in total. The highest BCUT2D eigenvalue weighted by Crippen LogP contribution is 2.22. The van der Waals surface area contributed by atoms with Crippen LogP contribution in [-0.4, -0.2) is 35.9 Å². The summed E-state index contributed by atoms with van der Waals surface area (Å²) in [6.07, 6.45) is -0.218. The van der Waals surface area contributed by atoms with E-state index in [-0.39, 0.29) is 23.3 Å². The van der Waals surface area contributed by atoms with Gasteiger partial charge in [0.1, 0.15) is 6.10 Å². The van der Waals surface area contributed by atoms with Crippen molar-refractivity contribution >= 4 is 11.6 Å². The summed E-state index contributed by atoms with van der Waals surface area (Å²) < 4.78 is 11.0. The molecule has 1 aliphatic rings. The average molecular weight is 294 g/mol. The normalized spacial score (nSPS) is 20.2. The number of carbonyl (C=O) groups is 1. The SMILES string of the molecule is Cc1ccc(C(=O)NCC2COC(C)(C)O2)cc1[N+](=O)[O-]. The van der Waals surface area contributed by atoms with Gasteiger partial charge in [-0.3, -0.25) is 14.9 Å². The number of nitro groups is 1. The maximum Gasteiger partial charge on any atom is 0.273 e. The molecule has 2 rings (SSSR count). The van der Waals surface area contributed by atoms with Gasteiger partial charge in [-0.1, -0.05) is 6.07 Å². The van der Waals surface area contributed by atoms with E-state index in [1.54, 1.807) is 32.9 Å². The van der Waals surface area contributed by atoms with E-state index in [0.717, 1.165) is 0 Å². The minimum Gasteiger partial charge on any atom is -0.349 e. The molecule has 1 atom stereocenters. The molecule has 21 heavy (non-hydrogen) atoms. The molecule has 1 amide bonds. The second-order valence-corrected chi connectivity index (χ2v) is 5.42. The van der Waals surface area contributed by atoms with Crippen LogP contribution in [-0.2, 0) is 9.47 Å². The fraction of sp³-hybridized carbons (Fsp3) is 0.500. The van der Waals surface area contributed by atoms with E-state index >= 15 is 0 Å². The Labute approximate surface area is 122 Å². The Morgan fingerprint density at radius 1 is 1.52 bits per heavy atom. The third kappa shape index (κ3) is 3.77. The first kappa shape index (κ1) is 15.4. The van der Waals surface area contributed by atoms with Crippen molar-refractivity contribution in [2.24, 2.45) is 0 Å². The number of ether oxygens (including phenoxy) is 2. The molecule has 7 nitrogen and oxygen atoms in total. The van der Waals surface area contributed by atoms with Crippen LogP contribution in [0.3, 0.4) is 0 Å². The van der Waals surface area contributed by atoms with Crippen molar-refractivity contribution in [2.75, 3.05) is 13.2 Å². The van der Waals surface area contributed by atoms with E-state index in [2.05, 4.69) is 5.32 Å². The minimum atomic E-state index is -0.641. The Morgan fingerprint density at radius 3 is 2.81 bits per heavy atom. The van der Waals surface area contributed by atoms with E-state index in [9.17, 15) is 14.9 Å². The summed E-state index contributed by atoms with van der Waals surface area (Å²) in [7, 11) is 0. The number of aryl methyl sites for hydroxylation is 1. The standard InChI is InChI=1S/C14H18N2O5/c1-9-4-5-10(6-12(9)16(18)19)13(17)15-7-11-8-20-14(2,3)21-11/h4-6,11H,7-8H2,1-3H3,(H,15,17). The van der Waals surface area contributed by atoms with Crippen LogP contribution in [0.1, 0.15) is 29.8 Å². The molecular formula is C14H18N2O5. The van der Waals surface area contributed by atoms with E-state index in [0.29, 0.717) is 18.7 Å². The van der Waals surface area contributed by atoms with Crippen molar-refractivity contribution in [2.45, 2.75) is 32.7 Å². The minimum absolute atomic E-state index is 0.0655. The molecule has 0 aliphatic carbocycles. The van der Waals surface area contributed by atoms with Crippen LogP contribution >= 0.6 is 0 Å². The lowest BCUT2D eigenvalue weighted by molar-refractivity contribution is -0.385. The molecule has 0 radical (unpaired) electrons. The van der Waals surface area contributed by atoms with Crippen molar-refractivity contribution < 1.29 is 19.2 Å². The topological polar surface area (TPSA) is 90.7 Å². The van der Waals surface area contributed by atoms with Gasteiger partial charge >= 0.3 is 0 Å². The fourth-order valence-electron chi connectivity index (χ4n) is 2.12. The van der Waals surface area contributed by atoms with Crippen molar-refractivity contribution in [1.82, 2.24) is 5.32 Å². The number of benzene rings is 1. The molecule has 1 aliphatic heterocycles. The van der Waals surface area contributed by atoms with Crippen LogP contribution in [0, 0.1) is 17.0 Å². The first-order valence-corrected chi connectivity index (χ1v) is 6.63. The predicted molar refractivity (Wildman–Crippen MR) is 75.1 cm³/mol. The number of nitrogens with one attached hydrogen (secondary N) is 1. The van der Waals surface area contributed by atoms with Crippen LogP contribution < -0.4 is 5.32 Å². The van der Waals surface area contributed by atoms with Gasteiger partial charge in [0.15, 0.2) is 5.79 Å². The van der Waals surface area contributed by atoms with Crippen molar-refractivity contribution in [3.05, 3.63) is 39.4 Å². The molecule has 1 saturated heterocycles. The highest BCUT2D eigenvalue weighted by Gasteiger charge is 2.32. The van der Waals surface area contributed by atoms with E-state index in [4.69, 9.17) is 9.47 Å². The lowest BCUT2D eigenvalue weighted by atomic mass is 10.1. The number of nitrogens with zero attached hydrogens (tertiary/aromatic N) is 1. The number of hydrogen-bond donors (Lipinski definition) is 1. The first-order chi connectivity index (χ1) is 9.78. The molecule has 1 heterocycles. The van der Waals surface area contributed by atoms with Crippen molar-refractivity contribution in [3.63, 3.8) is 0 Å². The Balaban J connectivity index is 1.98. The first-order valence-electron chi connectivity index (χ1n) is 6.63. The van der Waals surface area contributed by atoms with Crippen LogP contribution in [0.4, 0.5) is 5.69 Å². The van der Waals surface area contributed by atoms with E-state index in [1.165, 1.54) is 6.07 Å². The average Bonchev–Trinajstić information content (AvgIpc) is 2.75. The lowest BCUT2D eigenvalue weighted by Gasteiger charge is -2.17. The number of carbonyl (C=O) groups excluding carboxylic acids is 1. The monoisotopic (exact) mass is 294 g/mol. The van der Waals surface area contributed by atoms with Crippen LogP contribution in [0.15, 0.2) is 18.2 Å². The van der Waals surface area contributed by atoms with Gasteiger partial charge in [-0.15, -0.1) is 0 Å². The summed E-state index contributed by atoms with van der Waals surface area (Å²) in [4.78, 5) is 22.4. The Kier molecular flexibility index (Phi) is 4.24. The molecular weight excluding hydrogens is 276 g/mol. The number of hydrogen-bond acceptors (Lipinski definition) is 5. The Hall–Kier alpha value is -1.99. The van der Waals surface area contributed by atoms with Crippen LogP contribution in [0.5, 0.6) is 0 Å². The van der Waals surface area contributed by atoms with Crippen LogP contribution in [0.25, 0.3) is 0 Å². The third-order valence-electron chi connectivity index (χ3n) is 3.23. The van der Waals surface area contributed by atoms with Gasteiger partial charge in [0.25, 0.3) is 11.6 Å². The van der Waals surface area contributed by atoms with Crippen LogP contribution in [0.2, 0.25) is 0 Å². The highest BCUT2D eigenvalue weighted by atomic mass is 16.7. The molecule has 0 bridgehead atoms. The Morgan fingerprint density at radius 2 is 2.24 bits per heavy atom. The zero-order chi connectivity index (χ0) is 15.6. The van der Waals surface area contributed by atoms with Gasteiger partial charge in [-0.05, 0) is 26.8 Å². The van der Waals surface area contributed by atoms with Crippen molar-refractivity contribution in [3.8, 4) is 0 Å². The fourth-order valence-corrected chi connectivity index (χ4v) is 2.12. The summed E-state index contributed by atoms with van der Waals surface area (Å²) >= 11 is 0. The van der Waals surface area contributed by atoms with Gasteiger partial charge in [0, 0.05) is 23.7 Å². The van der Waals surface area contributed by atoms with Gasteiger partial charge < -0.3 is 14.8 Å². The number of amides is 1. The van der Waals surface area contributed by atoms with E-state index < -0.39 is 10.7 Å². The molecule has 0 spiro atoms. The quantitative estimate of drug-likeness (QED) is 0.675. The summed E-state index contributed by atoms with van der Waals surface area (Å²) in [5.74, 6) is -1.01. The Bertz CT molecular complexity index is 570. The summed E-state index contributed by atoms with van der Waals surface area (Å²) in [5.41, 5.74) is 0.709. The summed E-state index contributed by atoms with van der Waals surface area (Å²) in [5, 5.41) is 13.6. The van der Waals surface area contributed by atoms with Gasteiger partial charge in [-0.2, -0.15) is 0 Å². The molecule has 7 heteroatoms. The van der Waals surface area contributed by atoms with Gasteiger partial charge in [0.2, 0.25) is 0 Å². The molecule has 114 valence electrons. The van der Waals surface area contributed by atoms with Gasteiger partial charge in [0.05, 0.1) is 11.5 Å². The maximum absolute atomic E-state index is 12.0. The molecule has 1 aromatic rings. The highest BCUT2D eigenvalue weighted by molar-refractivity contribution is 5.95.